The molecule has 1 unspecified atom stereocenters. The van der Waals surface area contributed by atoms with E-state index < -0.39 is 0 Å². The summed E-state index contributed by atoms with van der Waals surface area (Å²) in [4.78, 5) is 8.51. The Morgan fingerprint density at radius 1 is 1.16 bits per heavy atom. The smallest absolute Gasteiger partial charge is 0.160 e. The van der Waals surface area contributed by atoms with Gasteiger partial charge in [-0.05, 0) is 19.4 Å². The van der Waals surface area contributed by atoms with E-state index in [-0.39, 0.29) is 6.10 Å². The lowest BCUT2D eigenvalue weighted by Crippen LogP contribution is -2.04. The zero-order valence-corrected chi connectivity index (χ0v) is 12.5. The normalized spacial score (nSPS) is 12.5. The van der Waals surface area contributed by atoms with Crippen LogP contribution in [0.5, 0.6) is 0 Å². The lowest BCUT2D eigenvalue weighted by atomic mass is 10.1. The van der Waals surface area contributed by atoms with Crippen LogP contribution in [0.3, 0.4) is 0 Å². The maximum absolute atomic E-state index is 6.23. The molecular weight excluding hydrogens is 283 g/mol. The third-order valence-corrected chi connectivity index (χ3v) is 3.41. The lowest BCUT2D eigenvalue weighted by molar-refractivity contribution is 0.112. The van der Waals surface area contributed by atoms with Gasteiger partial charge in [0.25, 0.3) is 0 Å². The average Bonchev–Trinajstić information content (AvgIpc) is 2.37. The summed E-state index contributed by atoms with van der Waals surface area (Å²) in [6, 6.07) is 7.88. The van der Waals surface area contributed by atoms with E-state index in [9.17, 15) is 0 Å². The number of halogens is 2. The molecule has 0 saturated carbocycles. The molecule has 5 heteroatoms. The largest absolute Gasteiger partial charge is 0.374 e. The summed E-state index contributed by atoms with van der Waals surface area (Å²) in [5.74, 6) is 0.480. The Balaban J connectivity index is 2.54. The number of methoxy groups -OCH3 is 1. The molecule has 1 aromatic heterocycles. The van der Waals surface area contributed by atoms with E-state index in [0.717, 1.165) is 11.1 Å². The quantitative estimate of drug-likeness (QED) is 0.784. The van der Waals surface area contributed by atoms with Crippen LogP contribution in [-0.4, -0.2) is 17.1 Å². The summed E-state index contributed by atoms with van der Waals surface area (Å²) in [6.45, 7) is 3.85. The summed E-state index contributed by atoms with van der Waals surface area (Å²) >= 11 is 12.5. The Morgan fingerprint density at radius 3 is 2.32 bits per heavy atom. The molecule has 0 aliphatic rings. The van der Waals surface area contributed by atoms with Crippen molar-refractivity contribution < 1.29 is 4.74 Å². The van der Waals surface area contributed by atoms with Gasteiger partial charge in [0.05, 0.1) is 5.56 Å². The van der Waals surface area contributed by atoms with Gasteiger partial charge in [-0.2, -0.15) is 0 Å². The van der Waals surface area contributed by atoms with Crippen molar-refractivity contribution in [2.24, 2.45) is 0 Å². The van der Waals surface area contributed by atoms with E-state index in [4.69, 9.17) is 27.9 Å². The Kier molecular flexibility index (Phi) is 4.40. The summed E-state index contributed by atoms with van der Waals surface area (Å²) < 4.78 is 5.17. The van der Waals surface area contributed by atoms with Crippen LogP contribution in [0, 0.1) is 6.92 Å². The van der Waals surface area contributed by atoms with Crippen molar-refractivity contribution in [3.63, 3.8) is 0 Å². The highest BCUT2D eigenvalue weighted by Gasteiger charge is 2.16. The number of hydrogen-bond donors (Lipinski definition) is 0. The number of ether oxygens (including phenoxy) is 1. The van der Waals surface area contributed by atoms with E-state index in [0.29, 0.717) is 21.7 Å². The van der Waals surface area contributed by atoms with Crippen LogP contribution in [0.4, 0.5) is 0 Å². The second kappa shape index (κ2) is 5.87. The molecule has 0 saturated heterocycles. The molecule has 0 fully saturated rings. The summed E-state index contributed by atoms with van der Waals surface area (Å²) in [6.07, 6.45) is -0.249. The van der Waals surface area contributed by atoms with E-state index in [1.807, 2.05) is 38.1 Å². The maximum Gasteiger partial charge on any atom is 0.160 e. The maximum atomic E-state index is 6.23. The number of rotatable bonds is 3. The average molecular weight is 297 g/mol. The van der Waals surface area contributed by atoms with Crippen molar-refractivity contribution in [2.45, 2.75) is 20.0 Å². The van der Waals surface area contributed by atoms with Crippen molar-refractivity contribution in [1.82, 2.24) is 9.97 Å². The molecule has 1 heterocycles. The zero-order chi connectivity index (χ0) is 14.0. The first-order chi connectivity index (χ1) is 9.02. The fourth-order valence-corrected chi connectivity index (χ4v) is 2.37. The first-order valence-electron chi connectivity index (χ1n) is 5.85. The van der Waals surface area contributed by atoms with Crippen molar-refractivity contribution in [1.29, 1.82) is 0 Å². The van der Waals surface area contributed by atoms with Crippen molar-refractivity contribution in [3.8, 4) is 11.1 Å². The fourth-order valence-electron chi connectivity index (χ4n) is 1.75. The minimum Gasteiger partial charge on any atom is -0.374 e. The highest BCUT2D eigenvalue weighted by atomic mass is 35.5. The molecule has 0 bridgehead atoms. The molecule has 2 rings (SSSR count). The van der Waals surface area contributed by atoms with Crippen LogP contribution in [0.25, 0.3) is 11.1 Å². The van der Waals surface area contributed by atoms with Crippen LogP contribution in [0.2, 0.25) is 10.3 Å². The highest BCUT2D eigenvalue weighted by molar-refractivity contribution is 6.37. The SMILES string of the molecule is COC(C)c1nc(Cl)c(-c2cccc(C)c2)c(Cl)n1. The van der Waals surface area contributed by atoms with Gasteiger partial charge < -0.3 is 4.74 Å². The second-order valence-corrected chi connectivity index (χ2v) is 5.00. The topological polar surface area (TPSA) is 35.0 Å². The van der Waals surface area contributed by atoms with Gasteiger partial charge in [-0.1, -0.05) is 53.0 Å². The van der Waals surface area contributed by atoms with Gasteiger partial charge in [0.1, 0.15) is 16.4 Å². The fraction of sp³-hybridized carbons (Fsp3) is 0.286. The second-order valence-electron chi connectivity index (χ2n) is 4.29. The molecule has 0 amide bonds. The molecule has 3 nitrogen and oxygen atoms in total. The Hall–Kier alpha value is -1.16. The van der Waals surface area contributed by atoms with Crippen molar-refractivity contribution in [2.75, 3.05) is 7.11 Å². The number of benzene rings is 1. The summed E-state index contributed by atoms with van der Waals surface area (Å²) in [5, 5.41) is 0.675. The van der Waals surface area contributed by atoms with Gasteiger partial charge >= 0.3 is 0 Å². The molecule has 19 heavy (non-hydrogen) atoms. The Morgan fingerprint density at radius 2 is 1.79 bits per heavy atom. The van der Waals surface area contributed by atoms with Crippen molar-refractivity contribution in [3.05, 3.63) is 46.0 Å². The van der Waals surface area contributed by atoms with Crippen LogP contribution < -0.4 is 0 Å². The van der Waals surface area contributed by atoms with Crippen molar-refractivity contribution >= 4 is 23.2 Å². The first kappa shape index (κ1) is 14.3. The van der Waals surface area contributed by atoms with E-state index in [1.165, 1.54) is 0 Å². The van der Waals surface area contributed by atoms with Gasteiger partial charge in [0, 0.05) is 7.11 Å². The van der Waals surface area contributed by atoms with Gasteiger partial charge in [-0.3, -0.25) is 0 Å². The van der Waals surface area contributed by atoms with Crippen LogP contribution in [0.15, 0.2) is 24.3 Å². The molecule has 0 spiro atoms. The van der Waals surface area contributed by atoms with Gasteiger partial charge in [-0.25, -0.2) is 9.97 Å². The third-order valence-electron chi connectivity index (χ3n) is 2.86. The highest BCUT2D eigenvalue weighted by Crippen LogP contribution is 2.33. The lowest BCUT2D eigenvalue weighted by Gasteiger charge is -2.12. The van der Waals surface area contributed by atoms with Gasteiger partial charge in [0.2, 0.25) is 0 Å². The first-order valence-corrected chi connectivity index (χ1v) is 6.61. The van der Waals surface area contributed by atoms with E-state index in [1.54, 1.807) is 7.11 Å². The predicted octanol–water partition coefficient (Wildman–Crippen LogP) is 4.47. The molecule has 1 atom stereocenters. The number of aryl methyl sites for hydroxylation is 1. The molecule has 2 aromatic rings. The summed E-state index contributed by atoms with van der Waals surface area (Å²) in [7, 11) is 1.59. The summed E-state index contributed by atoms with van der Waals surface area (Å²) in [5.41, 5.74) is 2.68. The van der Waals surface area contributed by atoms with E-state index >= 15 is 0 Å². The molecule has 1 aromatic carbocycles. The van der Waals surface area contributed by atoms with Crippen LogP contribution >= 0.6 is 23.2 Å². The minimum absolute atomic E-state index is 0.249. The molecule has 100 valence electrons. The number of hydrogen-bond acceptors (Lipinski definition) is 3. The van der Waals surface area contributed by atoms with Crippen LogP contribution in [0.1, 0.15) is 24.4 Å². The van der Waals surface area contributed by atoms with Gasteiger partial charge in [-0.15, -0.1) is 0 Å². The molecule has 0 radical (unpaired) electrons. The Bertz CT molecular complexity index is 579. The van der Waals surface area contributed by atoms with E-state index in [2.05, 4.69) is 9.97 Å². The number of aromatic nitrogens is 2. The molecule has 0 N–H and O–H groups in total. The molecule has 0 aliphatic heterocycles. The monoisotopic (exact) mass is 296 g/mol. The third kappa shape index (κ3) is 3.06. The standard InChI is InChI=1S/C14H14Cl2N2O/c1-8-5-4-6-10(7-8)11-12(15)17-14(9(2)19-3)18-13(11)16/h4-7,9H,1-3H3. The zero-order valence-electron chi connectivity index (χ0n) is 10.9. The predicted molar refractivity (Wildman–Crippen MR) is 77.6 cm³/mol. The molecular formula is C14H14Cl2N2O. The van der Waals surface area contributed by atoms with Gasteiger partial charge in [0.15, 0.2) is 5.82 Å². The number of nitrogens with zero attached hydrogens (tertiary/aromatic N) is 2. The van der Waals surface area contributed by atoms with Crippen LogP contribution in [-0.2, 0) is 4.74 Å². The molecule has 0 aliphatic carbocycles. The Labute approximate surface area is 122 Å². The minimum atomic E-state index is -0.249.